The van der Waals surface area contributed by atoms with E-state index in [1.54, 1.807) is 19.3 Å². The second-order valence-electron chi connectivity index (χ2n) is 3.29. The van der Waals surface area contributed by atoms with Gasteiger partial charge in [-0.15, -0.1) is 0 Å². The molecule has 0 amide bonds. The van der Waals surface area contributed by atoms with E-state index >= 15 is 0 Å². The highest BCUT2D eigenvalue weighted by atomic mass is 16.5. The van der Waals surface area contributed by atoms with Gasteiger partial charge in [0.15, 0.2) is 5.82 Å². The average Bonchev–Trinajstić information content (AvgIpc) is 2.65. The molecule has 2 aromatic heterocycles. The summed E-state index contributed by atoms with van der Waals surface area (Å²) >= 11 is 0. The molecule has 0 aliphatic rings. The molecule has 5 nitrogen and oxygen atoms in total. The van der Waals surface area contributed by atoms with Gasteiger partial charge in [0.2, 0.25) is 0 Å². The molecular formula is C10H12N4O. The Kier molecular flexibility index (Phi) is 2.62. The molecule has 0 fully saturated rings. The first kappa shape index (κ1) is 9.64. The standard InChI is InChI=1S/C10H12N4O/c1-7(9-3-5-11-6-4-9)12-10-13-8(2)14-15-10/h3-7H,1-2H3,(H,12,13,14). The second-order valence-corrected chi connectivity index (χ2v) is 3.29. The number of aryl methyl sites for hydroxylation is 1. The molecule has 5 heteroatoms. The van der Waals surface area contributed by atoms with Crippen LogP contribution in [0.2, 0.25) is 0 Å². The van der Waals surface area contributed by atoms with E-state index in [0.717, 1.165) is 5.56 Å². The van der Waals surface area contributed by atoms with E-state index in [-0.39, 0.29) is 6.04 Å². The normalized spacial score (nSPS) is 12.4. The van der Waals surface area contributed by atoms with Crippen LogP contribution in [-0.4, -0.2) is 15.1 Å². The predicted molar refractivity (Wildman–Crippen MR) is 55.3 cm³/mol. The highest BCUT2D eigenvalue weighted by Gasteiger charge is 2.08. The summed E-state index contributed by atoms with van der Waals surface area (Å²) in [6, 6.07) is 4.45. The lowest BCUT2D eigenvalue weighted by molar-refractivity contribution is 0.422. The minimum absolute atomic E-state index is 0.118. The van der Waals surface area contributed by atoms with Crippen molar-refractivity contribution in [2.75, 3.05) is 5.32 Å². The quantitative estimate of drug-likeness (QED) is 0.827. The third-order valence-corrected chi connectivity index (χ3v) is 2.07. The number of rotatable bonds is 3. The summed E-state index contributed by atoms with van der Waals surface area (Å²) in [5.74, 6) is 0.624. The van der Waals surface area contributed by atoms with E-state index in [1.165, 1.54) is 0 Å². The molecule has 0 aliphatic carbocycles. The van der Waals surface area contributed by atoms with Gasteiger partial charge in [-0.25, -0.2) is 0 Å². The first-order valence-corrected chi connectivity index (χ1v) is 4.72. The Bertz CT molecular complexity index is 426. The van der Waals surface area contributed by atoms with Crippen molar-refractivity contribution in [3.05, 3.63) is 35.9 Å². The van der Waals surface area contributed by atoms with Crippen molar-refractivity contribution in [1.29, 1.82) is 0 Å². The van der Waals surface area contributed by atoms with Gasteiger partial charge >= 0.3 is 6.01 Å². The van der Waals surface area contributed by atoms with Crippen LogP contribution < -0.4 is 5.32 Å². The summed E-state index contributed by atoms with van der Waals surface area (Å²) in [7, 11) is 0. The fourth-order valence-electron chi connectivity index (χ4n) is 1.28. The molecule has 2 aromatic rings. The number of hydrogen-bond acceptors (Lipinski definition) is 5. The number of anilines is 1. The maximum absolute atomic E-state index is 4.97. The molecule has 0 bridgehead atoms. The van der Waals surface area contributed by atoms with Crippen molar-refractivity contribution in [3.8, 4) is 0 Å². The van der Waals surface area contributed by atoms with Gasteiger partial charge in [-0.1, -0.05) is 5.16 Å². The minimum Gasteiger partial charge on any atom is -0.331 e. The van der Waals surface area contributed by atoms with Crippen molar-refractivity contribution >= 4 is 6.01 Å². The van der Waals surface area contributed by atoms with Crippen molar-refractivity contribution in [2.24, 2.45) is 0 Å². The number of nitrogens with one attached hydrogen (secondary N) is 1. The smallest absolute Gasteiger partial charge is 0.321 e. The van der Waals surface area contributed by atoms with Crippen LogP contribution in [0.15, 0.2) is 29.0 Å². The highest BCUT2D eigenvalue weighted by Crippen LogP contribution is 2.16. The van der Waals surface area contributed by atoms with Crippen molar-refractivity contribution in [3.63, 3.8) is 0 Å². The maximum Gasteiger partial charge on any atom is 0.321 e. The maximum atomic E-state index is 4.97. The van der Waals surface area contributed by atoms with E-state index in [9.17, 15) is 0 Å². The third-order valence-electron chi connectivity index (χ3n) is 2.07. The zero-order valence-electron chi connectivity index (χ0n) is 8.64. The first-order valence-electron chi connectivity index (χ1n) is 4.72. The molecule has 0 aromatic carbocycles. The Morgan fingerprint density at radius 2 is 2.07 bits per heavy atom. The molecule has 0 radical (unpaired) electrons. The Morgan fingerprint density at radius 1 is 1.33 bits per heavy atom. The molecule has 2 rings (SSSR count). The van der Waals surface area contributed by atoms with Gasteiger partial charge in [-0.2, -0.15) is 4.98 Å². The average molecular weight is 204 g/mol. The zero-order chi connectivity index (χ0) is 10.7. The molecule has 1 N–H and O–H groups in total. The highest BCUT2D eigenvalue weighted by molar-refractivity contribution is 5.27. The Labute approximate surface area is 87.5 Å². The summed E-state index contributed by atoms with van der Waals surface area (Å²) in [6.45, 7) is 3.81. The van der Waals surface area contributed by atoms with Crippen LogP contribution in [0, 0.1) is 6.92 Å². The van der Waals surface area contributed by atoms with Gasteiger partial charge in [0.05, 0.1) is 6.04 Å². The summed E-state index contributed by atoms with van der Waals surface area (Å²) in [4.78, 5) is 8.03. The van der Waals surface area contributed by atoms with E-state index in [2.05, 4.69) is 20.4 Å². The number of nitrogens with zero attached hydrogens (tertiary/aromatic N) is 3. The predicted octanol–water partition coefficient (Wildman–Crippen LogP) is 1.95. The summed E-state index contributed by atoms with van der Waals surface area (Å²) in [5, 5.41) is 6.81. The zero-order valence-corrected chi connectivity index (χ0v) is 8.64. The topological polar surface area (TPSA) is 63.8 Å². The number of hydrogen-bond donors (Lipinski definition) is 1. The fourth-order valence-corrected chi connectivity index (χ4v) is 1.28. The molecule has 0 aliphatic heterocycles. The lowest BCUT2D eigenvalue weighted by atomic mass is 10.1. The molecule has 0 saturated carbocycles. The largest absolute Gasteiger partial charge is 0.331 e. The molecule has 78 valence electrons. The Hall–Kier alpha value is -1.91. The van der Waals surface area contributed by atoms with Gasteiger partial charge in [0.1, 0.15) is 0 Å². The van der Waals surface area contributed by atoms with E-state index in [0.29, 0.717) is 11.8 Å². The number of pyridine rings is 1. The van der Waals surface area contributed by atoms with E-state index in [4.69, 9.17) is 4.52 Å². The van der Waals surface area contributed by atoms with Crippen LogP contribution in [0.1, 0.15) is 24.4 Å². The lowest BCUT2D eigenvalue weighted by Gasteiger charge is -2.10. The molecule has 1 unspecified atom stereocenters. The van der Waals surface area contributed by atoms with E-state index in [1.807, 2.05) is 19.1 Å². The van der Waals surface area contributed by atoms with Crippen LogP contribution in [0.4, 0.5) is 6.01 Å². The summed E-state index contributed by atoms with van der Waals surface area (Å²) in [5.41, 5.74) is 1.13. The minimum atomic E-state index is 0.118. The molecule has 15 heavy (non-hydrogen) atoms. The monoisotopic (exact) mass is 204 g/mol. The van der Waals surface area contributed by atoms with Crippen LogP contribution in [0.3, 0.4) is 0 Å². The van der Waals surface area contributed by atoms with Crippen LogP contribution in [-0.2, 0) is 0 Å². The SMILES string of the molecule is Cc1noc(NC(C)c2ccncc2)n1. The van der Waals surface area contributed by atoms with E-state index < -0.39 is 0 Å². The van der Waals surface area contributed by atoms with Crippen LogP contribution in [0.25, 0.3) is 0 Å². The summed E-state index contributed by atoms with van der Waals surface area (Å²) in [6.07, 6.45) is 3.51. The Balaban J connectivity index is 2.07. The second kappa shape index (κ2) is 4.08. The van der Waals surface area contributed by atoms with Gasteiger partial charge in [0, 0.05) is 12.4 Å². The van der Waals surface area contributed by atoms with Gasteiger partial charge < -0.3 is 9.84 Å². The molecule has 0 saturated heterocycles. The molecular weight excluding hydrogens is 192 g/mol. The molecule has 1 atom stereocenters. The van der Waals surface area contributed by atoms with Crippen LogP contribution in [0.5, 0.6) is 0 Å². The van der Waals surface area contributed by atoms with Crippen LogP contribution >= 0.6 is 0 Å². The van der Waals surface area contributed by atoms with Gasteiger partial charge in [-0.05, 0) is 31.5 Å². The van der Waals surface area contributed by atoms with Gasteiger partial charge in [0.25, 0.3) is 0 Å². The lowest BCUT2D eigenvalue weighted by Crippen LogP contribution is -2.06. The van der Waals surface area contributed by atoms with Crippen molar-refractivity contribution < 1.29 is 4.52 Å². The Morgan fingerprint density at radius 3 is 2.67 bits per heavy atom. The number of aromatic nitrogens is 3. The fraction of sp³-hybridized carbons (Fsp3) is 0.300. The van der Waals surface area contributed by atoms with Crippen molar-refractivity contribution in [1.82, 2.24) is 15.1 Å². The van der Waals surface area contributed by atoms with Gasteiger partial charge in [-0.3, -0.25) is 4.98 Å². The van der Waals surface area contributed by atoms with Crippen molar-refractivity contribution in [2.45, 2.75) is 19.9 Å². The molecule has 0 spiro atoms. The first-order chi connectivity index (χ1) is 7.25. The third kappa shape index (κ3) is 2.31. The molecule has 2 heterocycles. The summed E-state index contributed by atoms with van der Waals surface area (Å²) < 4.78 is 4.97.